The van der Waals surface area contributed by atoms with E-state index in [2.05, 4.69) is 13.0 Å². The summed E-state index contributed by atoms with van der Waals surface area (Å²) in [4.78, 5) is 16.4. The maximum absolute atomic E-state index is 14.4. The van der Waals surface area contributed by atoms with Crippen LogP contribution in [0, 0.1) is 5.41 Å². The highest BCUT2D eigenvalue weighted by Crippen LogP contribution is 2.59. The first kappa shape index (κ1) is 39.2. The largest absolute Gasteiger partial charge is 0.453 e. The molecule has 0 aliphatic heterocycles. The van der Waals surface area contributed by atoms with Gasteiger partial charge in [-0.15, -0.1) is 0 Å². The van der Waals surface area contributed by atoms with Crippen molar-refractivity contribution in [2.75, 3.05) is 26.2 Å². The van der Waals surface area contributed by atoms with Crippen LogP contribution >= 0.6 is 11.6 Å². The number of furan rings is 1. The highest BCUT2D eigenvalue weighted by Gasteiger charge is 2.57. The van der Waals surface area contributed by atoms with E-state index in [9.17, 15) is 38.4 Å². The van der Waals surface area contributed by atoms with Crippen LogP contribution in [0.3, 0.4) is 0 Å². The van der Waals surface area contributed by atoms with Gasteiger partial charge in [-0.1, -0.05) is 49.2 Å². The van der Waals surface area contributed by atoms with Crippen LogP contribution < -0.4 is 0 Å². The molecule has 5 atom stereocenters. The highest BCUT2D eigenvalue weighted by molar-refractivity contribution is 6.33. The first-order chi connectivity index (χ1) is 24.1. The molecular weight excluding hydrogens is 683 g/mol. The molecule has 278 valence electrons. The van der Waals surface area contributed by atoms with Gasteiger partial charge in [0.2, 0.25) is 5.78 Å². The molecule has 1 fully saturated rings. The van der Waals surface area contributed by atoms with Crippen molar-refractivity contribution in [3.05, 3.63) is 93.2 Å². The number of carbonyl (C=O) groups excluding carboxylic acids is 1. The van der Waals surface area contributed by atoms with E-state index in [0.717, 1.165) is 41.3 Å². The summed E-state index contributed by atoms with van der Waals surface area (Å²) in [6.45, 7) is 6.87. The second kappa shape index (κ2) is 15.9. The molecule has 0 spiro atoms. The molecule has 2 aromatic carbocycles. The Morgan fingerprint density at radius 1 is 1.12 bits per heavy atom. The van der Waals surface area contributed by atoms with Crippen molar-refractivity contribution in [3.8, 4) is 11.3 Å². The lowest BCUT2D eigenvalue weighted by Crippen LogP contribution is -2.54. The van der Waals surface area contributed by atoms with E-state index in [-0.39, 0.29) is 47.7 Å². The molecule has 6 rings (SSSR count). The van der Waals surface area contributed by atoms with Gasteiger partial charge in [0.25, 0.3) is 0 Å². The standard InChI is InChI=1S/C40H49ClF3NO6/c1-4-18-45(22-29(48)23-46)24-39(50)17-15-33-30-11-8-26(19-28(47)10-7-25(2)6-5-16-38(33,39)3)20-31(30)37(49)36-14-13-35(51-36)32-21-27(40(42,43)44)9-12-34(32)41/h6,8-9,11-14,20-21,28-29,33,46-48,50H,4-5,7,10,15-19,22-24H2,1-3H3. The Balaban J connectivity index is 1.59. The summed E-state index contributed by atoms with van der Waals surface area (Å²) in [5.74, 6) is -0.780. The second-order valence-electron chi connectivity index (χ2n) is 14.7. The molecule has 1 heterocycles. The number of alkyl halides is 3. The van der Waals surface area contributed by atoms with Gasteiger partial charge in [-0.2, -0.15) is 13.2 Å². The molecule has 5 unspecified atom stereocenters. The smallest absolute Gasteiger partial charge is 0.416 e. The number of hydrogen-bond donors (Lipinski definition) is 4. The lowest BCUT2D eigenvalue weighted by Gasteiger charge is -2.46. The number of halogens is 4. The van der Waals surface area contributed by atoms with Crippen LogP contribution in [0.15, 0.2) is 64.6 Å². The van der Waals surface area contributed by atoms with Crippen molar-refractivity contribution < 1.29 is 42.8 Å². The number of aliphatic hydroxyl groups is 4. The Kier molecular flexibility index (Phi) is 12.3. The molecule has 1 saturated carbocycles. The van der Waals surface area contributed by atoms with Gasteiger partial charge < -0.3 is 24.8 Å². The van der Waals surface area contributed by atoms with E-state index in [4.69, 9.17) is 16.0 Å². The quantitative estimate of drug-likeness (QED) is 0.124. The number of carbonyl (C=O) groups is 1. The van der Waals surface area contributed by atoms with Crippen LogP contribution in [-0.4, -0.2) is 75.2 Å². The fourth-order valence-corrected chi connectivity index (χ4v) is 8.31. The Labute approximate surface area is 302 Å². The van der Waals surface area contributed by atoms with Crippen LogP contribution in [0.1, 0.15) is 104 Å². The predicted molar refractivity (Wildman–Crippen MR) is 191 cm³/mol. The van der Waals surface area contributed by atoms with E-state index >= 15 is 0 Å². The third kappa shape index (κ3) is 8.64. The van der Waals surface area contributed by atoms with Gasteiger partial charge >= 0.3 is 6.18 Å². The minimum atomic E-state index is -4.60. The van der Waals surface area contributed by atoms with Gasteiger partial charge in [-0.25, -0.2) is 0 Å². The van der Waals surface area contributed by atoms with Crippen molar-refractivity contribution in [1.29, 1.82) is 0 Å². The lowest BCUT2D eigenvalue weighted by molar-refractivity contribution is -0.137. The van der Waals surface area contributed by atoms with Crippen molar-refractivity contribution >= 4 is 17.4 Å². The summed E-state index contributed by atoms with van der Waals surface area (Å²) in [5, 5.41) is 43.5. The topological polar surface area (TPSA) is 114 Å². The van der Waals surface area contributed by atoms with Crippen molar-refractivity contribution in [2.24, 2.45) is 5.41 Å². The molecule has 3 aliphatic carbocycles. The van der Waals surface area contributed by atoms with Crippen LogP contribution in [0.5, 0.6) is 0 Å². The number of ketones is 1. The zero-order valence-corrected chi connectivity index (χ0v) is 30.2. The molecule has 0 saturated heterocycles. The molecule has 0 amide bonds. The summed E-state index contributed by atoms with van der Waals surface area (Å²) in [6.07, 6.45) is 0.624. The average Bonchev–Trinajstić information content (AvgIpc) is 3.66. The Morgan fingerprint density at radius 3 is 2.59 bits per heavy atom. The predicted octanol–water partition coefficient (Wildman–Crippen LogP) is 7.95. The summed E-state index contributed by atoms with van der Waals surface area (Å²) >= 11 is 6.29. The number of rotatable bonds is 10. The minimum Gasteiger partial charge on any atom is -0.453 e. The summed E-state index contributed by atoms with van der Waals surface area (Å²) in [7, 11) is 0. The second-order valence-corrected chi connectivity index (χ2v) is 15.1. The van der Waals surface area contributed by atoms with Crippen LogP contribution in [0.4, 0.5) is 13.2 Å². The van der Waals surface area contributed by atoms with Gasteiger partial charge in [-0.05, 0) is 118 Å². The molecule has 0 radical (unpaired) electrons. The SMILES string of the molecule is CCCN(CC(O)CO)CC1(O)CCC2c3ccc(cc3C(=O)c3ccc(-c4cc(C(F)(F)F)ccc4Cl)o3)CC(O)CCC(C)=CCCC21C. The lowest BCUT2D eigenvalue weighted by atomic mass is 9.64. The average molecular weight is 732 g/mol. The van der Waals surface area contributed by atoms with Crippen molar-refractivity contribution in [3.63, 3.8) is 0 Å². The fraction of sp³-hybridized carbons (Fsp3) is 0.525. The molecule has 7 nitrogen and oxygen atoms in total. The highest BCUT2D eigenvalue weighted by atomic mass is 35.5. The van der Waals surface area contributed by atoms with Gasteiger partial charge in [0.15, 0.2) is 5.76 Å². The van der Waals surface area contributed by atoms with Crippen LogP contribution in [-0.2, 0) is 12.6 Å². The maximum atomic E-state index is 14.4. The number of allylic oxidation sites excluding steroid dienone is 2. The number of nitrogens with zero attached hydrogens (tertiary/aromatic N) is 1. The summed E-state index contributed by atoms with van der Waals surface area (Å²) in [5.41, 5.74) is 0.177. The minimum absolute atomic E-state index is 0.0109. The van der Waals surface area contributed by atoms with Gasteiger partial charge in [-0.3, -0.25) is 9.69 Å². The monoisotopic (exact) mass is 731 g/mol. The molecule has 11 heteroatoms. The zero-order chi connectivity index (χ0) is 37.1. The number of aliphatic hydroxyl groups excluding tert-OH is 3. The van der Waals surface area contributed by atoms with Crippen molar-refractivity contribution in [1.82, 2.24) is 4.90 Å². The maximum Gasteiger partial charge on any atom is 0.416 e. The van der Waals surface area contributed by atoms with Crippen molar-refractivity contribution in [2.45, 2.75) is 102 Å². The number of benzene rings is 2. The van der Waals surface area contributed by atoms with Gasteiger partial charge in [0.05, 0.1) is 35.0 Å². The number of hydrogen-bond acceptors (Lipinski definition) is 7. The third-order valence-corrected chi connectivity index (χ3v) is 11.3. The molecule has 51 heavy (non-hydrogen) atoms. The molecule has 1 aromatic heterocycles. The Hall–Kier alpha value is -2.99. The van der Waals surface area contributed by atoms with E-state index in [1.807, 2.05) is 30.9 Å². The van der Waals surface area contributed by atoms with Gasteiger partial charge in [0.1, 0.15) is 5.76 Å². The zero-order valence-electron chi connectivity index (χ0n) is 29.5. The number of fused-ring (bicyclic) bond motifs is 8. The van der Waals surface area contributed by atoms with E-state index in [1.54, 1.807) is 6.07 Å². The fourth-order valence-electron chi connectivity index (χ4n) is 8.10. The molecule has 4 N–H and O–H groups in total. The van der Waals surface area contributed by atoms with E-state index < -0.39 is 40.7 Å². The summed E-state index contributed by atoms with van der Waals surface area (Å²) < 4.78 is 46.5. The van der Waals surface area contributed by atoms with E-state index in [0.29, 0.717) is 57.1 Å². The summed E-state index contributed by atoms with van der Waals surface area (Å²) in [6, 6.07) is 11.4. The van der Waals surface area contributed by atoms with Crippen LogP contribution in [0.2, 0.25) is 5.02 Å². The van der Waals surface area contributed by atoms with Gasteiger partial charge in [0, 0.05) is 29.6 Å². The first-order valence-corrected chi connectivity index (χ1v) is 18.2. The third-order valence-electron chi connectivity index (χ3n) is 11.0. The van der Waals surface area contributed by atoms with E-state index in [1.165, 1.54) is 12.1 Å². The Morgan fingerprint density at radius 2 is 1.88 bits per heavy atom. The Bertz CT molecular complexity index is 1720. The molecule has 3 aromatic rings. The first-order valence-electron chi connectivity index (χ1n) is 17.8. The van der Waals surface area contributed by atoms with Crippen LogP contribution in [0.25, 0.3) is 11.3 Å². The molecule has 2 bridgehead atoms. The normalized spacial score (nSPS) is 25.1. The molecular formula is C40H49ClF3NO6. The molecule has 3 aliphatic rings.